The minimum Gasteiger partial charge on any atom is -0.383 e. The number of piperidine rings is 1. The zero-order valence-corrected chi connectivity index (χ0v) is 15.4. The zero-order chi connectivity index (χ0) is 18.6. The van der Waals surface area contributed by atoms with Gasteiger partial charge < -0.3 is 15.3 Å². The quantitative estimate of drug-likeness (QED) is 0.860. The van der Waals surface area contributed by atoms with Crippen LogP contribution in [0.1, 0.15) is 18.5 Å². The maximum absolute atomic E-state index is 12.3. The van der Waals surface area contributed by atoms with Gasteiger partial charge in [0, 0.05) is 44.8 Å². The van der Waals surface area contributed by atoms with E-state index in [2.05, 4.69) is 15.2 Å². The molecule has 1 aliphatic rings. The van der Waals surface area contributed by atoms with Crippen molar-refractivity contribution in [2.24, 2.45) is 0 Å². The van der Waals surface area contributed by atoms with Gasteiger partial charge in [-0.2, -0.15) is 0 Å². The Kier molecular flexibility index (Phi) is 5.54. The molecule has 1 amide bonds. The molecule has 0 atom stereocenters. The fraction of sp³-hybridized carbons (Fsp3) is 0.400. The third-order valence-electron chi connectivity index (χ3n) is 4.86. The molecule has 1 aliphatic heterocycles. The lowest BCUT2D eigenvalue weighted by atomic mass is 9.88. The van der Waals surface area contributed by atoms with Crippen LogP contribution in [0, 0.1) is 0 Å². The number of nitrogens with one attached hydrogen (secondary N) is 1. The van der Waals surface area contributed by atoms with Crippen LogP contribution in [-0.2, 0) is 10.4 Å². The third-order valence-corrected chi connectivity index (χ3v) is 4.86. The average Bonchev–Trinajstić information content (AvgIpc) is 2.65. The molecule has 2 aromatic rings. The highest BCUT2D eigenvalue weighted by Crippen LogP contribution is 2.31. The van der Waals surface area contributed by atoms with E-state index in [0.29, 0.717) is 38.2 Å². The van der Waals surface area contributed by atoms with E-state index in [1.807, 2.05) is 61.5 Å². The number of anilines is 2. The van der Waals surface area contributed by atoms with E-state index in [1.165, 1.54) is 0 Å². The van der Waals surface area contributed by atoms with Crippen LogP contribution in [0.4, 0.5) is 11.4 Å². The molecule has 0 unspecified atom stereocenters. The predicted octanol–water partition coefficient (Wildman–Crippen LogP) is 2.07. The minimum absolute atomic E-state index is 0.0362. The topological polar surface area (TPSA) is 68.7 Å². The predicted molar refractivity (Wildman–Crippen MR) is 103 cm³/mol. The second kappa shape index (κ2) is 7.85. The van der Waals surface area contributed by atoms with Gasteiger partial charge >= 0.3 is 0 Å². The summed E-state index contributed by atoms with van der Waals surface area (Å²) in [6, 6.07) is 13.4. The summed E-state index contributed by atoms with van der Waals surface area (Å²) in [7, 11) is 3.96. The molecule has 0 spiro atoms. The number of rotatable bonds is 5. The van der Waals surface area contributed by atoms with Crippen LogP contribution in [-0.4, -0.2) is 54.6 Å². The van der Waals surface area contributed by atoms with E-state index in [0.717, 1.165) is 11.4 Å². The number of hydrogen-bond donors (Lipinski definition) is 2. The second-order valence-corrected chi connectivity index (χ2v) is 7.01. The molecule has 1 saturated heterocycles. The van der Waals surface area contributed by atoms with Crippen molar-refractivity contribution < 1.29 is 9.90 Å². The number of amides is 1. The van der Waals surface area contributed by atoms with Crippen molar-refractivity contribution in [3.63, 3.8) is 0 Å². The molecule has 3 rings (SSSR count). The number of nitrogens with zero attached hydrogens (tertiary/aromatic N) is 3. The Balaban J connectivity index is 1.50. The number of pyridine rings is 1. The van der Waals surface area contributed by atoms with Crippen LogP contribution in [0.5, 0.6) is 0 Å². The Hall–Kier alpha value is -2.44. The molecule has 1 aromatic carbocycles. The number of likely N-dealkylation sites (tertiary alicyclic amines) is 1. The van der Waals surface area contributed by atoms with Crippen LogP contribution in [0.25, 0.3) is 0 Å². The molecular weight excluding hydrogens is 328 g/mol. The molecule has 6 heteroatoms. The van der Waals surface area contributed by atoms with Gasteiger partial charge in [-0.25, -0.2) is 0 Å². The third kappa shape index (κ3) is 4.39. The van der Waals surface area contributed by atoms with E-state index in [4.69, 9.17) is 0 Å². The summed E-state index contributed by atoms with van der Waals surface area (Å²) in [6.07, 6.45) is 2.86. The monoisotopic (exact) mass is 354 g/mol. The molecule has 1 aromatic heterocycles. The SMILES string of the molecule is CN(C)c1ccc(NC(=O)CN2CCC(O)(c3ccccn3)CC2)cc1. The number of benzene rings is 1. The van der Waals surface area contributed by atoms with Crippen LogP contribution < -0.4 is 10.2 Å². The summed E-state index contributed by atoms with van der Waals surface area (Å²) < 4.78 is 0. The molecule has 0 radical (unpaired) electrons. The van der Waals surface area contributed by atoms with Crippen molar-refractivity contribution in [3.05, 3.63) is 54.4 Å². The van der Waals surface area contributed by atoms with Crippen molar-refractivity contribution >= 4 is 17.3 Å². The van der Waals surface area contributed by atoms with Gasteiger partial charge in [0.2, 0.25) is 5.91 Å². The molecule has 1 fully saturated rings. The molecule has 6 nitrogen and oxygen atoms in total. The standard InChI is InChI=1S/C20H26N4O2/c1-23(2)17-8-6-16(7-9-17)22-19(25)15-24-13-10-20(26,11-14-24)18-5-3-4-12-21-18/h3-9,12,26H,10-11,13-15H2,1-2H3,(H,22,25). The van der Waals surface area contributed by atoms with Crippen molar-refractivity contribution in [1.82, 2.24) is 9.88 Å². The number of carbonyl (C=O) groups excluding carboxylic acids is 1. The normalized spacial score (nSPS) is 16.9. The number of hydrogen-bond acceptors (Lipinski definition) is 5. The fourth-order valence-corrected chi connectivity index (χ4v) is 3.22. The first-order valence-corrected chi connectivity index (χ1v) is 8.90. The Morgan fingerprint density at radius 2 is 1.88 bits per heavy atom. The molecule has 2 heterocycles. The Morgan fingerprint density at radius 1 is 1.19 bits per heavy atom. The largest absolute Gasteiger partial charge is 0.383 e. The highest BCUT2D eigenvalue weighted by atomic mass is 16.3. The molecular formula is C20H26N4O2. The van der Waals surface area contributed by atoms with Gasteiger partial charge in [0.05, 0.1) is 12.2 Å². The Morgan fingerprint density at radius 3 is 2.46 bits per heavy atom. The van der Waals surface area contributed by atoms with Gasteiger partial charge in [-0.15, -0.1) is 0 Å². The zero-order valence-electron chi connectivity index (χ0n) is 15.4. The first kappa shape index (κ1) is 18.4. The van der Waals surface area contributed by atoms with Gasteiger partial charge in [0.1, 0.15) is 5.60 Å². The van der Waals surface area contributed by atoms with E-state index < -0.39 is 5.60 Å². The lowest BCUT2D eigenvalue weighted by Gasteiger charge is -2.37. The Labute approximate surface area is 154 Å². The number of aliphatic hydroxyl groups is 1. The van der Waals surface area contributed by atoms with E-state index in [-0.39, 0.29) is 5.91 Å². The van der Waals surface area contributed by atoms with Crippen LogP contribution in [0.3, 0.4) is 0 Å². The second-order valence-electron chi connectivity index (χ2n) is 7.01. The number of aromatic nitrogens is 1. The lowest BCUT2D eigenvalue weighted by Crippen LogP contribution is -2.45. The smallest absolute Gasteiger partial charge is 0.238 e. The Bertz CT molecular complexity index is 723. The van der Waals surface area contributed by atoms with Crippen LogP contribution in [0.2, 0.25) is 0 Å². The summed E-state index contributed by atoms with van der Waals surface area (Å²) in [6.45, 7) is 1.66. The molecule has 2 N–H and O–H groups in total. The van der Waals surface area contributed by atoms with Crippen molar-refractivity contribution in [2.75, 3.05) is 43.9 Å². The summed E-state index contributed by atoms with van der Waals surface area (Å²) in [5.41, 5.74) is 1.71. The molecule has 0 aliphatic carbocycles. The van der Waals surface area contributed by atoms with Crippen LogP contribution in [0.15, 0.2) is 48.7 Å². The molecule has 0 saturated carbocycles. The molecule has 0 bridgehead atoms. The van der Waals surface area contributed by atoms with Crippen molar-refractivity contribution in [2.45, 2.75) is 18.4 Å². The molecule has 138 valence electrons. The maximum atomic E-state index is 12.3. The first-order valence-electron chi connectivity index (χ1n) is 8.90. The highest BCUT2D eigenvalue weighted by molar-refractivity contribution is 5.92. The van der Waals surface area contributed by atoms with Gasteiger partial charge in [0.25, 0.3) is 0 Å². The minimum atomic E-state index is -0.893. The first-order chi connectivity index (χ1) is 12.5. The average molecular weight is 354 g/mol. The van der Waals surface area contributed by atoms with E-state index >= 15 is 0 Å². The lowest BCUT2D eigenvalue weighted by molar-refractivity contribution is -0.118. The summed E-state index contributed by atoms with van der Waals surface area (Å²) >= 11 is 0. The maximum Gasteiger partial charge on any atom is 0.238 e. The van der Waals surface area contributed by atoms with Crippen molar-refractivity contribution in [1.29, 1.82) is 0 Å². The van der Waals surface area contributed by atoms with Crippen molar-refractivity contribution in [3.8, 4) is 0 Å². The van der Waals surface area contributed by atoms with Gasteiger partial charge in [0.15, 0.2) is 0 Å². The van der Waals surface area contributed by atoms with Gasteiger partial charge in [-0.1, -0.05) is 6.07 Å². The number of carbonyl (C=O) groups is 1. The summed E-state index contributed by atoms with van der Waals surface area (Å²) in [5.74, 6) is -0.0362. The van der Waals surface area contributed by atoms with E-state index in [9.17, 15) is 9.90 Å². The summed E-state index contributed by atoms with van der Waals surface area (Å²) in [4.78, 5) is 20.7. The van der Waals surface area contributed by atoms with E-state index in [1.54, 1.807) is 6.20 Å². The fourth-order valence-electron chi connectivity index (χ4n) is 3.22. The van der Waals surface area contributed by atoms with Gasteiger partial charge in [-0.05, 0) is 49.2 Å². The van der Waals surface area contributed by atoms with Crippen LogP contribution >= 0.6 is 0 Å². The highest BCUT2D eigenvalue weighted by Gasteiger charge is 2.35. The van der Waals surface area contributed by atoms with Gasteiger partial charge in [-0.3, -0.25) is 14.7 Å². The molecule has 26 heavy (non-hydrogen) atoms. The summed E-state index contributed by atoms with van der Waals surface area (Å²) in [5, 5.41) is 13.7.